The highest BCUT2D eigenvalue weighted by Gasteiger charge is 2.10. The van der Waals surface area contributed by atoms with Crippen LogP contribution in [-0.4, -0.2) is 30.9 Å². The van der Waals surface area contributed by atoms with Crippen molar-refractivity contribution in [2.45, 2.75) is 0 Å². The molecule has 0 spiro atoms. The first-order valence-electron chi connectivity index (χ1n) is 4.19. The van der Waals surface area contributed by atoms with E-state index in [9.17, 15) is 9.59 Å². The van der Waals surface area contributed by atoms with E-state index in [4.69, 9.17) is 0 Å². The molecule has 1 N–H and O–H groups in total. The van der Waals surface area contributed by atoms with Crippen LogP contribution in [0.5, 0.6) is 0 Å². The van der Waals surface area contributed by atoms with E-state index in [2.05, 4.69) is 5.32 Å². The predicted octanol–water partition coefficient (Wildman–Crippen LogP) is 1.10. The summed E-state index contributed by atoms with van der Waals surface area (Å²) in [4.78, 5) is 23.8. The Bertz CT molecular complexity index is 333. The summed E-state index contributed by atoms with van der Waals surface area (Å²) in [5.74, 6) is -0.385. The van der Waals surface area contributed by atoms with Crippen molar-refractivity contribution in [3.63, 3.8) is 0 Å². The Kier molecular flexibility index (Phi) is 3.23. The number of nitrogens with zero attached hydrogens (tertiary/aromatic N) is 1. The van der Waals surface area contributed by atoms with Gasteiger partial charge in [0.1, 0.15) is 0 Å². The molecule has 3 amide bonds. The third-order valence-electron chi connectivity index (χ3n) is 1.66. The molecular formula is C10H12N2O2. The van der Waals surface area contributed by atoms with E-state index in [1.807, 2.05) is 6.07 Å². The van der Waals surface area contributed by atoms with Crippen LogP contribution in [0.15, 0.2) is 30.3 Å². The van der Waals surface area contributed by atoms with E-state index in [0.29, 0.717) is 5.56 Å². The average molecular weight is 192 g/mol. The fourth-order valence-electron chi connectivity index (χ4n) is 0.871. The number of nitrogens with one attached hydrogen (secondary N) is 1. The monoisotopic (exact) mass is 192 g/mol. The molecule has 0 aliphatic heterocycles. The lowest BCUT2D eigenvalue weighted by molar-refractivity contribution is 0.0957. The highest BCUT2D eigenvalue weighted by atomic mass is 16.2. The minimum atomic E-state index is -0.418. The van der Waals surface area contributed by atoms with E-state index in [1.165, 1.54) is 4.90 Å². The molecular weight excluding hydrogens is 180 g/mol. The molecule has 0 aliphatic rings. The van der Waals surface area contributed by atoms with E-state index < -0.39 is 6.03 Å². The summed E-state index contributed by atoms with van der Waals surface area (Å²) in [7, 11) is 3.15. The second-order valence-electron chi connectivity index (χ2n) is 3.02. The van der Waals surface area contributed by atoms with Crippen molar-refractivity contribution in [1.29, 1.82) is 0 Å². The van der Waals surface area contributed by atoms with Crippen molar-refractivity contribution in [3.8, 4) is 0 Å². The van der Waals surface area contributed by atoms with Crippen LogP contribution in [0.3, 0.4) is 0 Å². The zero-order valence-corrected chi connectivity index (χ0v) is 8.15. The smallest absolute Gasteiger partial charge is 0.323 e. The van der Waals surface area contributed by atoms with Gasteiger partial charge in [-0.3, -0.25) is 10.1 Å². The quantitative estimate of drug-likeness (QED) is 0.724. The first-order chi connectivity index (χ1) is 6.61. The third kappa shape index (κ3) is 2.58. The molecule has 0 fully saturated rings. The number of hydrogen-bond acceptors (Lipinski definition) is 2. The van der Waals surface area contributed by atoms with Crippen LogP contribution in [0, 0.1) is 0 Å². The highest BCUT2D eigenvalue weighted by molar-refractivity contribution is 6.04. The van der Waals surface area contributed by atoms with Crippen LogP contribution in [0.1, 0.15) is 10.4 Å². The van der Waals surface area contributed by atoms with Gasteiger partial charge in [0.15, 0.2) is 0 Å². The molecule has 4 nitrogen and oxygen atoms in total. The minimum absolute atomic E-state index is 0.385. The van der Waals surface area contributed by atoms with Crippen molar-refractivity contribution in [3.05, 3.63) is 35.9 Å². The number of rotatable bonds is 1. The first kappa shape index (κ1) is 10.2. The Balaban J connectivity index is 2.65. The van der Waals surface area contributed by atoms with Gasteiger partial charge in [-0.2, -0.15) is 0 Å². The summed E-state index contributed by atoms with van der Waals surface area (Å²) in [5.41, 5.74) is 0.475. The van der Waals surface area contributed by atoms with E-state index in [-0.39, 0.29) is 5.91 Å². The standard InChI is InChI=1S/C10H12N2O2/c1-12(2)10(14)11-9(13)8-6-4-3-5-7-8/h3-7H,1-2H3,(H,11,13,14). The van der Waals surface area contributed by atoms with Crippen molar-refractivity contribution in [1.82, 2.24) is 10.2 Å². The van der Waals surface area contributed by atoms with Crippen LogP contribution in [0.25, 0.3) is 0 Å². The van der Waals surface area contributed by atoms with Gasteiger partial charge in [0, 0.05) is 19.7 Å². The third-order valence-corrected chi connectivity index (χ3v) is 1.66. The lowest BCUT2D eigenvalue weighted by atomic mass is 10.2. The van der Waals surface area contributed by atoms with Gasteiger partial charge in [0.25, 0.3) is 5.91 Å². The molecule has 0 aromatic heterocycles. The van der Waals surface area contributed by atoms with E-state index in [1.54, 1.807) is 38.4 Å². The Morgan fingerprint density at radius 1 is 1.14 bits per heavy atom. The minimum Gasteiger partial charge on any atom is -0.331 e. The molecule has 1 aromatic rings. The van der Waals surface area contributed by atoms with Crippen molar-refractivity contribution in [2.24, 2.45) is 0 Å². The van der Waals surface area contributed by atoms with Crippen molar-refractivity contribution < 1.29 is 9.59 Å². The topological polar surface area (TPSA) is 49.4 Å². The molecule has 14 heavy (non-hydrogen) atoms. The van der Waals surface area contributed by atoms with Gasteiger partial charge in [-0.25, -0.2) is 4.79 Å². The van der Waals surface area contributed by atoms with Gasteiger partial charge in [-0.05, 0) is 12.1 Å². The van der Waals surface area contributed by atoms with Gasteiger partial charge in [-0.1, -0.05) is 18.2 Å². The lowest BCUT2D eigenvalue weighted by Crippen LogP contribution is -2.38. The molecule has 1 aromatic carbocycles. The summed E-state index contributed by atoms with van der Waals surface area (Å²) in [5, 5.41) is 2.24. The molecule has 0 saturated heterocycles. The van der Waals surface area contributed by atoms with Crippen molar-refractivity contribution >= 4 is 11.9 Å². The normalized spacial score (nSPS) is 9.29. The highest BCUT2D eigenvalue weighted by Crippen LogP contribution is 1.97. The second kappa shape index (κ2) is 4.41. The molecule has 0 saturated carbocycles. The number of hydrogen-bond donors (Lipinski definition) is 1. The number of benzene rings is 1. The summed E-state index contributed by atoms with van der Waals surface area (Å²) in [6.45, 7) is 0. The number of imide groups is 1. The zero-order valence-electron chi connectivity index (χ0n) is 8.15. The molecule has 0 atom stereocenters. The SMILES string of the molecule is CN(C)C(=O)NC(=O)c1ccccc1. The number of amides is 3. The molecule has 4 heteroatoms. The van der Waals surface area contributed by atoms with Crippen LogP contribution in [-0.2, 0) is 0 Å². The Morgan fingerprint density at radius 3 is 2.21 bits per heavy atom. The maximum atomic E-state index is 11.4. The summed E-state index contributed by atoms with van der Waals surface area (Å²) in [6, 6.07) is 8.18. The van der Waals surface area contributed by atoms with Crippen LogP contribution in [0.2, 0.25) is 0 Å². The fourth-order valence-corrected chi connectivity index (χ4v) is 0.871. The second-order valence-corrected chi connectivity index (χ2v) is 3.02. The van der Waals surface area contributed by atoms with E-state index >= 15 is 0 Å². The Labute approximate surface area is 82.5 Å². The Morgan fingerprint density at radius 2 is 1.71 bits per heavy atom. The van der Waals surface area contributed by atoms with Crippen LogP contribution in [0.4, 0.5) is 4.79 Å². The molecule has 0 unspecified atom stereocenters. The molecule has 0 heterocycles. The molecule has 74 valence electrons. The number of carbonyl (C=O) groups is 2. The van der Waals surface area contributed by atoms with Crippen LogP contribution < -0.4 is 5.32 Å². The molecule has 1 rings (SSSR count). The van der Waals surface area contributed by atoms with Gasteiger partial charge in [0.05, 0.1) is 0 Å². The maximum Gasteiger partial charge on any atom is 0.323 e. The zero-order chi connectivity index (χ0) is 10.6. The lowest BCUT2D eigenvalue weighted by Gasteiger charge is -2.10. The van der Waals surface area contributed by atoms with Gasteiger partial charge < -0.3 is 4.90 Å². The van der Waals surface area contributed by atoms with E-state index in [0.717, 1.165) is 0 Å². The predicted molar refractivity (Wildman–Crippen MR) is 53.0 cm³/mol. The number of urea groups is 1. The number of carbonyl (C=O) groups excluding carboxylic acids is 2. The summed E-state index contributed by atoms with van der Waals surface area (Å²) in [6.07, 6.45) is 0. The van der Waals surface area contributed by atoms with Gasteiger partial charge in [0.2, 0.25) is 0 Å². The average Bonchev–Trinajstić information content (AvgIpc) is 2.19. The maximum absolute atomic E-state index is 11.4. The molecule has 0 aliphatic carbocycles. The Hall–Kier alpha value is -1.84. The van der Waals surface area contributed by atoms with Gasteiger partial charge >= 0.3 is 6.03 Å². The largest absolute Gasteiger partial charge is 0.331 e. The van der Waals surface area contributed by atoms with Crippen molar-refractivity contribution in [2.75, 3.05) is 14.1 Å². The summed E-state index contributed by atoms with van der Waals surface area (Å²) < 4.78 is 0. The fraction of sp³-hybridized carbons (Fsp3) is 0.200. The molecule has 0 radical (unpaired) electrons. The molecule has 0 bridgehead atoms. The summed E-state index contributed by atoms with van der Waals surface area (Å²) >= 11 is 0. The van der Waals surface area contributed by atoms with Gasteiger partial charge in [-0.15, -0.1) is 0 Å². The first-order valence-corrected chi connectivity index (χ1v) is 4.19. The van der Waals surface area contributed by atoms with Crippen LogP contribution >= 0.6 is 0 Å².